The minimum atomic E-state index is -0.871. The third-order valence-electron chi connectivity index (χ3n) is 5.07. The number of rotatable bonds is 4. The average Bonchev–Trinajstić information content (AvgIpc) is 2.64. The maximum atomic E-state index is 13.1. The number of anilines is 1. The van der Waals surface area contributed by atoms with Gasteiger partial charge in [0.25, 0.3) is 0 Å². The van der Waals surface area contributed by atoms with E-state index in [2.05, 4.69) is 42.2 Å². The first-order chi connectivity index (χ1) is 14.1. The summed E-state index contributed by atoms with van der Waals surface area (Å²) < 4.78 is 1.82. The summed E-state index contributed by atoms with van der Waals surface area (Å²) in [5.41, 5.74) is 1.04. The van der Waals surface area contributed by atoms with Crippen molar-refractivity contribution >= 4 is 60.6 Å². The molecular weight excluding hydrogens is 512 g/mol. The van der Waals surface area contributed by atoms with Gasteiger partial charge in [0, 0.05) is 21.1 Å². The van der Waals surface area contributed by atoms with E-state index in [-0.39, 0.29) is 29.4 Å². The Hall–Kier alpha value is -2.25. The molecule has 0 saturated carbocycles. The lowest BCUT2D eigenvalue weighted by Crippen LogP contribution is -2.43. The highest BCUT2D eigenvalue weighted by molar-refractivity contribution is 9.10. The van der Waals surface area contributed by atoms with Crippen molar-refractivity contribution < 1.29 is 14.7 Å². The molecule has 1 aliphatic carbocycles. The van der Waals surface area contributed by atoms with Crippen LogP contribution < -0.4 is 5.32 Å². The van der Waals surface area contributed by atoms with Crippen LogP contribution in [-0.4, -0.2) is 22.5 Å². The standard InChI is InChI=1S/C23H22Br2N2O3/c1-13(26-16-8-4-14(24)5-9-16)19-18(28)12-23(2,3)20(21(19)29)22(30)27-17-10-6-15(25)7-11-17/h4-11,20,29H,12H2,1-3H3,(H,27,30). The number of halogens is 2. The van der Waals surface area contributed by atoms with Crippen LogP contribution in [-0.2, 0) is 9.59 Å². The maximum Gasteiger partial charge on any atom is 0.235 e. The van der Waals surface area contributed by atoms with Crippen LogP contribution in [0.5, 0.6) is 0 Å². The van der Waals surface area contributed by atoms with E-state index in [4.69, 9.17) is 0 Å². The smallest absolute Gasteiger partial charge is 0.235 e. The SMILES string of the molecule is CC(=Nc1ccc(Br)cc1)C1=C(O)C(C(=O)Nc2ccc(Br)cc2)C(C)(C)CC1=O. The Balaban J connectivity index is 1.97. The maximum absolute atomic E-state index is 13.1. The van der Waals surface area contributed by atoms with Gasteiger partial charge in [-0.2, -0.15) is 0 Å². The Labute approximate surface area is 192 Å². The number of Topliss-reactive ketones (excluding diaryl/α,β-unsaturated/α-hetero) is 1. The van der Waals surface area contributed by atoms with E-state index < -0.39 is 11.3 Å². The van der Waals surface area contributed by atoms with Crippen LogP contribution in [0.4, 0.5) is 11.4 Å². The molecule has 1 amide bonds. The molecule has 0 saturated heterocycles. The number of benzene rings is 2. The monoisotopic (exact) mass is 532 g/mol. The number of allylic oxidation sites excluding steroid dienone is 1. The van der Waals surface area contributed by atoms with E-state index in [1.165, 1.54) is 0 Å². The van der Waals surface area contributed by atoms with Crippen LogP contribution in [0, 0.1) is 11.3 Å². The fraction of sp³-hybridized carbons (Fsp3) is 0.261. The molecule has 0 fully saturated rings. The molecule has 0 radical (unpaired) electrons. The summed E-state index contributed by atoms with van der Waals surface area (Å²) in [6.07, 6.45) is 0.137. The van der Waals surface area contributed by atoms with Crippen molar-refractivity contribution in [2.45, 2.75) is 27.2 Å². The van der Waals surface area contributed by atoms with Gasteiger partial charge in [-0.05, 0) is 60.9 Å². The molecule has 5 nitrogen and oxygen atoms in total. The summed E-state index contributed by atoms with van der Waals surface area (Å²) in [4.78, 5) is 30.4. The number of carbonyl (C=O) groups is 2. The second-order valence-corrected chi connectivity index (χ2v) is 9.78. The number of amides is 1. The lowest BCUT2D eigenvalue weighted by Gasteiger charge is -2.37. The largest absolute Gasteiger partial charge is 0.511 e. The molecular formula is C23H22Br2N2O3. The van der Waals surface area contributed by atoms with E-state index in [0.29, 0.717) is 17.1 Å². The van der Waals surface area contributed by atoms with Crippen LogP contribution in [0.15, 0.2) is 73.8 Å². The average molecular weight is 534 g/mol. The van der Waals surface area contributed by atoms with Gasteiger partial charge in [0.05, 0.1) is 17.0 Å². The van der Waals surface area contributed by atoms with Gasteiger partial charge < -0.3 is 10.4 Å². The lowest BCUT2D eigenvalue weighted by atomic mass is 9.67. The molecule has 0 spiro atoms. The van der Waals surface area contributed by atoms with Crippen LogP contribution in [0.3, 0.4) is 0 Å². The van der Waals surface area contributed by atoms with Crippen molar-refractivity contribution in [1.82, 2.24) is 0 Å². The van der Waals surface area contributed by atoms with Gasteiger partial charge in [0.1, 0.15) is 11.7 Å². The van der Waals surface area contributed by atoms with Crippen molar-refractivity contribution in [2.24, 2.45) is 16.3 Å². The van der Waals surface area contributed by atoms with Crippen molar-refractivity contribution in [1.29, 1.82) is 0 Å². The van der Waals surface area contributed by atoms with Crippen molar-refractivity contribution in [2.75, 3.05) is 5.32 Å². The molecule has 3 rings (SSSR count). The molecule has 1 atom stereocenters. The molecule has 0 aromatic heterocycles. The number of aliphatic imine (C=N–C) groups is 1. The van der Waals surface area contributed by atoms with Crippen molar-refractivity contribution in [3.8, 4) is 0 Å². The summed E-state index contributed by atoms with van der Waals surface area (Å²) in [6.45, 7) is 5.29. The Bertz CT molecular complexity index is 1040. The molecule has 1 unspecified atom stereocenters. The third-order valence-corrected chi connectivity index (χ3v) is 6.12. The minimum absolute atomic E-state index is 0.119. The zero-order valence-electron chi connectivity index (χ0n) is 16.9. The summed E-state index contributed by atoms with van der Waals surface area (Å²) in [7, 11) is 0. The highest BCUT2D eigenvalue weighted by atomic mass is 79.9. The van der Waals surface area contributed by atoms with E-state index in [1.807, 2.05) is 38.1 Å². The third kappa shape index (κ3) is 4.90. The number of nitrogens with zero attached hydrogens (tertiary/aromatic N) is 1. The van der Waals surface area contributed by atoms with Gasteiger partial charge in [-0.15, -0.1) is 0 Å². The molecule has 0 aliphatic heterocycles. The predicted octanol–water partition coefficient (Wildman–Crippen LogP) is 6.37. The molecule has 2 N–H and O–H groups in total. The summed E-state index contributed by atoms with van der Waals surface area (Å²) in [5.74, 6) is -1.68. The second kappa shape index (κ2) is 8.86. The Morgan fingerprint density at radius 3 is 2.17 bits per heavy atom. The normalized spacial score (nSPS) is 19.0. The van der Waals surface area contributed by atoms with Crippen LogP contribution in [0.25, 0.3) is 0 Å². The summed E-state index contributed by atoms with van der Waals surface area (Å²) >= 11 is 6.74. The summed E-state index contributed by atoms with van der Waals surface area (Å²) in [6, 6.07) is 14.5. The Morgan fingerprint density at radius 1 is 1.07 bits per heavy atom. The Kier molecular flexibility index (Phi) is 6.62. The first-order valence-corrected chi connectivity index (χ1v) is 11.0. The first-order valence-electron chi connectivity index (χ1n) is 9.42. The van der Waals surface area contributed by atoms with E-state index >= 15 is 0 Å². The van der Waals surface area contributed by atoms with Crippen LogP contribution >= 0.6 is 31.9 Å². The van der Waals surface area contributed by atoms with E-state index in [1.54, 1.807) is 31.2 Å². The fourth-order valence-corrected chi connectivity index (χ4v) is 4.17. The van der Waals surface area contributed by atoms with Crippen molar-refractivity contribution in [3.63, 3.8) is 0 Å². The van der Waals surface area contributed by atoms with Crippen molar-refractivity contribution in [3.05, 3.63) is 68.8 Å². The van der Waals surface area contributed by atoms with Gasteiger partial charge in [-0.3, -0.25) is 14.6 Å². The van der Waals surface area contributed by atoms with Crippen LogP contribution in [0.2, 0.25) is 0 Å². The van der Waals surface area contributed by atoms with Gasteiger partial charge >= 0.3 is 0 Å². The number of hydrogen-bond donors (Lipinski definition) is 2. The number of aliphatic hydroxyl groups is 1. The Morgan fingerprint density at radius 2 is 1.60 bits per heavy atom. The molecule has 0 heterocycles. The molecule has 2 aromatic rings. The number of carbonyl (C=O) groups excluding carboxylic acids is 2. The quantitative estimate of drug-likeness (QED) is 0.448. The van der Waals surface area contributed by atoms with E-state index in [0.717, 1.165) is 8.95 Å². The predicted molar refractivity (Wildman–Crippen MR) is 126 cm³/mol. The molecule has 2 aromatic carbocycles. The molecule has 30 heavy (non-hydrogen) atoms. The zero-order chi connectivity index (χ0) is 22.1. The zero-order valence-corrected chi connectivity index (χ0v) is 20.0. The van der Waals surface area contributed by atoms with Gasteiger partial charge in [-0.25, -0.2) is 0 Å². The highest BCUT2D eigenvalue weighted by Crippen LogP contribution is 2.42. The molecule has 7 heteroatoms. The summed E-state index contributed by atoms with van der Waals surface area (Å²) in [5, 5.41) is 13.9. The molecule has 1 aliphatic rings. The minimum Gasteiger partial charge on any atom is -0.511 e. The number of nitrogens with one attached hydrogen (secondary N) is 1. The topological polar surface area (TPSA) is 78.8 Å². The molecule has 156 valence electrons. The van der Waals surface area contributed by atoms with Gasteiger partial charge in [0.2, 0.25) is 5.91 Å². The highest BCUT2D eigenvalue weighted by Gasteiger charge is 2.46. The van der Waals surface area contributed by atoms with Gasteiger partial charge in [0.15, 0.2) is 5.78 Å². The lowest BCUT2D eigenvalue weighted by molar-refractivity contribution is -0.126. The van der Waals surface area contributed by atoms with E-state index in [9.17, 15) is 14.7 Å². The fourth-order valence-electron chi connectivity index (χ4n) is 3.64. The van der Waals surface area contributed by atoms with Crippen LogP contribution in [0.1, 0.15) is 27.2 Å². The number of hydrogen-bond acceptors (Lipinski definition) is 4. The number of aliphatic hydroxyl groups excluding tert-OH is 1. The van der Waals surface area contributed by atoms with Gasteiger partial charge in [-0.1, -0.05) is 45.7 Å². The molecule has 0 bridgehead atoms. The second-order valence-electron chi connectivity index (χ2n) is 7.95. The number of ketones is 1. The first kappa shape index (κ1) is 22.4.